The second-order valence-corrected chi connectivity index (χ2v) is 18.6. The van der Waals surface area contributed by atoms with Crippen molar-refractivity contribution >= 4 is 56.9 Å². The third-order valence-electron chi connectivity index (χ3n) is 11.3. The summed E-state index contributed by atoms with van der Waals surface area (Å²) in [5.41, 5.74) is 11.8. The van der Waals surface area contributed by atoms with Gasteiger partial charge in [-0.3, -0.25) is 20.2 Å². The average Bonchev–Trinajstić information content (AvgIpc) is 3.90. The van der Waals surface area contributed by atoms with Gasteiger partial charge in [0.2, 0.25) is 11.8 Å². The number of urea groups is 2. The molecule has 4 aromatic rings. The molecule has 4 heterocycles. The fourth-order valence-corrected chi connectivity index (χ4v) is 9.18. The van der Waals surface area contributed by atoms with Crippen molar-refractivity contribution in [2.45, 2.75) is 103 Å². The first-order valence-electron chi connectivity index (χ1n) is 23.0. The first-order chi connectivity index (χ1) is 33.1. The number of likely N-dealkylation sites (tertiary alicyclic amines) is 2. The summed E-state index contributed by atoms with van der Waals surface area (Å²) in [6.45, 7) is 8.74. The van der Waals surface area contributed by atoms with Gasteiger partial charge in [-0.1, -0.05) is 25.0 Å². The third-order valence-corrected chi connectivity index (χ3v) is 12.8. The fourth-order valence-electron chi connectivity index (χ4n) is 7.71. The number of aliphatic hydroxyl groups excluding tert-OH is 2. The van der Waals surface area contributed by atoms with Gasteiger partial charge in [0.1, 0.15) is 51.8 Å². The maximum absolute atomic E-state index is 14.1. The van der Waals surface area contributed by atoms with Crippen molar-refractivity contribution in [1.29, 1.82) is 0 Å². The Balaban J connectivity index is 0.000000258. The van der Waals surface area contributed by atoms with Crippen molar-refractivity contribution in [2.75, 3.05) is 63.0 Å². The second kappa shape index (κ2) is 27.6. The van der Waals surface area contributed by atoms with Crippen molar-refractivity contribution in [3.63, 3.8) is 0 Å². The quantitative estimate of drug-likeness (QED) is 0.0411. The Morgan fingerprint density at radius 1 is 0.667 bits per heavy atom. The molecule has 2 aliphatic heterocycles. The molecule has 2 aliphatic rings. The van der Waals surface area contributed by atoms with Gasteiger partial charge in [-0.15, -0.1) is 0 Å². The number of nitrogens with two attached hydrogens (primary N) is 2. The highest BCUT2D eigenvalue weighted by Crippen LogP contribution is 2.32. The summed E-state index contributed by atoms with van der Waals surface area (Å²) in [7, 11) is 0. The zero-order valence-corrected chi connectivity index (χ0v) is 40.6. The number of nitrogens with zero attached hydrogens (tertiary/aromatic N) is 4. The molecule has 2 fully saturated rings. The molecule has 2 atom stereocenters. The van der Waals surface area contributed by atoms with E-state index >= 15 is 0 Å². The summed E-state index contributed by atoms with van der Waals surface area (Å²) in [5, 5.41) is 31.0. The summed E-state index contributed by atoms with van der Waals surface area (Å²) in [6, 6.07) is 5.97. The number of benzene rings is 2. The van der Waals surface area contributed by atoms with Gasteiger partial charge in [0.15, 0.2) is 0 Å². The zero-order valence-electron chi connectivity index (χ0n) is 38.9. The number of carbonyl (C=O) groups is 4. The van der Waals surface area contributed by atoms with Crippen LogP contribution >= 0.6 is 23.1 Å². The highest BCUT2D eigenvalue weighted by Gasteiger charge is 2.25. The molecular formula is C46H63F3N10O8S2. The third kappa shape index (κ3) is 17.7. The van der Waals surface area contributed by atoms with Gasteiger partial charge >= 0.3 is 12.1 Å². The van der Waals surface area contributed by atoms with Crippen LogP contribution in [0.5, 0.6) is 11.8 Å². The molecule has 2 unspecified atom stereocenters. The number of ether oxygens (including phenoxy) is 2. The molecule has 2 saturated heterocycles. The molecule has 2 aromatic carbocycles. The number of hydrogen-bond acceptors (Lipinski definition) is 14. The van der Waals surface area contributed by atoms with Crippen LogP contribution in [0.4, 0.5) is 32.8 Å². The van der Waals surface area contributed by atoms with E-state index in [1.54, 1.807) is 26.0 Å². The van der Waals surface area contributed by atoms with Gasteiger partial charge < -0.3 is 51.6 Å². The minimum atomic E-state index is -0.908. The van der Waals surface area contributed by atoms with Crippen LogP contribution in [0.2, 0.25) is 0 Å². The average molecular weight is 1010 g/mol. The van der Waals surface area contributed by atoms with Crippen LogP contribution in [0.3, 0.4) is 0 Å². The van der Waals surface area contributed by atoms with Gasteiger partial charge in [-0.05, 0) is 144 Å². The molecule has 18 nitrogen and oxygen atoms in total. The number of aliphatic hydroxyl groups is 2. The lowest BCUT2D eigenvalue weighted by atomic mass is 10.1. The summed E-state index contributed by atoms with van der Waals surface area (Å²) >= 11 is 1.61. The minimum Gasteiger partial charge on any atom is -0.471 e. The van der Waals surface area contributed by atoms with Gasteiger partial charge in [-0.25, -0.2) is 22.8 Å². The smallest absolute Gasteiger partial charge is 0.319 e. The maximum Gasteiger partial charge on any atom is 0.319 e. The van der Waals surface area contributed by atoms with Crippen LogP contribution in [0.1, 0.15) is 107 Å². The molecule has 0 aliphatic carbocycles. The number of halogens is 3. The van der Waals surface area contributed by atoms with E-state index in [4.69, 9.17) is 20.9 Å². The highest BCUT2D eigenvalue weighted by molar-refractivity contribution is 7.11. The number of primary amides is 2. The molecule has 0 spiro atoms. The number of carbonyl (C=O) groups excluding carboxylic acids is 4. The Kier molecular flexibility index (Phi) is 21.7. The van der Waals surface area contributed by atoms with Crippen LogP contribution in [0, 0.1) is 31.3 Å². The summed E-state index contributed by atoms with van der Waals surface area (Å²) in [5.74, 6) is -3.99. The van der Waals surface area contributed by atoms with Crippen LogP contribution in [0.15, 0.2) is 30.3 Å². The van der Waals surface area contributed by atoms with Crippen molar-refractivity contribution < 1.29 is 52.0 Å². The Hall–Kier alpha value is -5.59. The molecule has 69 heavy (non-hydrogen) atoms. The van der Waals surface area contributed by atoms with Crippen molar-refractivity contribution in [3.8, 4) is 11.8 Å². The Bertz CT molecular complexity index is 2300. The van der Waals surface area contributed by atoms with Gasteiger partial charge in [0, 0.05) is 31.7 Å². The van der Waals surface area contributed by atoms with Crippen LogP contribution < -0.4 is 42.2 Å². The summed E-state index contributed by atoms with van der Waals surface area (Å²) in [4.78, 5) is 52.9. The SMILES string of the molecule is Cc1cc(F)c(COc2nsc(NC(=O)NCCCC(O)CN3CCCCC3)c2C(N)=O)c(F)c1.Cc1ccc(COc2nsc(NC(=O)NCCCC(O)CN3CCCCC3)c2C(N)=O)c(F)c1. The number of rotatable bonds is 22. The molecule has 0 saturated carbocycles. The van der Waals surface area contributed by atoms with Crippen molar-refractivity contribution in [1.82, 2.24) is 29.2 Å². The predicted molar refractivity (Wildman–Crippen MR) is 257 cm³/mol. The highest BCUT2D eigenvalue weighted by atomic mass is 32.1. The number of anilines is 2. The number of hydrogen-bond donors (Lipinski definition) is 8. The van der Waals surface area contributed by atoms with Crippen LogP contribution in [-0.2, 0) is 13.2 Å². The van der Waals surface area contributed by atoms with Crippen molar-refractivity contribution in [3.05, 3.63) is 81.2 Å². The Morgan fingerprint density at radius 3 is 1.54 bits per heavy atom. The number of piperidine rings is 2. The Labute approximate surface area is 407 Å². The van der Waals surface area contributed by atoms with E-state index < -0.39 is 60.1 Å². The molecule has 10 N–H and O–H groups in total. The topological polar surface area (TPSA) is 260 Å². The number of β-amino-alcohol motifs (C(OH)–C–C–N with tert-alkyl or cyclic N) is 2. The fraction of sp³-hybridized carbons (Fsp3) is 0.522. The molecule has 6 amide bonds. The molecule has 23 heteroatoms. The minimum absolute atomic E-state index is 0.0555. The van der Waals surface area contributed by atoms with E-state index in [9.17, 15) is 42.6 Å². The zero-order chi connectivity index (χ0) is 49.9. The lowest BCUT2D eigenvalue weighted by Gasteiger charge is -2.28. The summed E-state index contributed by atoms with van der Waals surface area (Å²) < 4.78 is 61.0. The van der Waals surface area contributed by atoms with E-state index in [1.165, 1.54) is 43.9 Å². The van der Waals surface area contributed by atoms with Crippen molar-refractivity contribution in [2.24, 2.45) is 11.5 Å². The number of amides is 6. The van der Waals surface area contributed by atoms with Gasteiger partial charge in [0.25, 0.3) is 11.8 Å². The van der Waals surface area contributed by atoms with E-state index in [0.717, 1.165) is 67.6 Å². The number of aryl methyl sites for hydroxylation is 2. The lowest BCUT2D eigenvalue weighted by Crippen LogP contribution is -2.37. The molecule has 2 aromatic heterocycles. The monoisotopic (exact) mass is 1000 g/mol. The summed E-state index contributed by atoms with van der Waals surface area (Å²) in [6.07, 6.45) is 8.60. The number of aromatic nitrogens is 2. The molecule has 378 valence electrons. The molecule has 6 rings (SSSR count). The molecular weight excluding hydrogens is 942 g/mol. The second-order valence-electron chi connectivity index (χ2n) is 17.1. The van der Waals surface area contributed by atoms with Gasteiger partial charge in [-0.2, -0.15) is 8.75 Å². The van der Waals surface area contributed by atoms with E-state index in [0.29, 0.717) is 63.0 Å². The van der Waals surface area contributed by atoms with E-state index in [2.05, 4.69) is 39.8 Å². The predicted octanol–water partition coefficient (Wildman–Crippen LogP) is 6.17. The van der Waals surface area contributed by atoms with Crippen LogP contribution in [0.25, 0.3) is 0 Å². The van der Waals surface area contributed by atoms with E-state index in [-0.39, 0.29) is 45.1 Å². The largest absolute Gasteiger partial charge is 0.471 e. The van der Waals surface area contributed by atoms with Crippen LogP contribution in [-0.4, -0.2) is 117 Å². The van der Waals surface area contributed by atoms with E-state index in [1.807, 2.05) is 0 Å². The normalized spacial score (nSPS) is 15.0. The lowest BCUT2D eigenvalue weighted by molar-refractivity contribution is 0.0932. The Morgan fingerprint density at radius 2 is 1.10 bits per heavy atom. The first kappa shape index (κ1) is 54.4. The molecule has 0 radical (unpaired) electrons. The first-order valence-corrected chi connectivity index (χ1v) is 24.6. The standard InChI is InChI=1S/C23H31F2N5O4S.C23H32FN5O4S/c1-14-10-17(24)16(18(25)11-14)13-34-21-19(20(26)32)22(35-29-21)28-23(33)27-7-5-6-15(31)12-30-8-3-2-4-9-30;1-15-7-8-16(18(24)12-15)14-33-21-19(20(25)31)22(34-28-21)27-23(32)26-9-5-6-17(30)13-29-10-3-2-4-11-29/h10-11,15,31H,2-9,12-13H2,1H3,(H2,26,32)(H2,27,28,33);7-8,12,17,30H,2-6,9-11,13-14H2,1H3,(H2,25,31)(H2,26,27,32). The van der Waals surface area contributed by atoms with Gasteiger partial charge in [0.05, 0.1) is 17.8 Å². The molecule has 0 bridgehead atoms. The maximum atomic E-state index is 14.1. The number of nitrogens with one attached hydrogen (secondary N) is 4.